The monoisotopic (exact) mass is 358 g/mol. The molecule has 4 heteroatoms. The van der Waals surface area contributed by atoms with E-state index in [1.807, 2.05) is 42.2 Å². The molecule has 4 nitrogen and oxygen atoms in total. The van der Waals surface area contributed by atoms with Crippen LogP contribution in [0.4, 0.5) is 0 Å². The summed E-state index contributed by atoms with van der Waals surface area (Å²) < 4.78 is 6.32. The van der Waals surface area contributed by atoms with Gasteiger partial charge in [0, 0.05) is 19.1 Å². The SMILES string of the molecule is CC1CCC(OC2CCN(C(=O)C(C)C(N)c3ccccc3)CC2)CC1. The minimum atomic E-state index is -0.248. The fourth-order valence-corrected chi connectivity index (χ4v) is 4.26. The predicted molar refractivity (Wildman–Crippen MR) is 105 cm³/mol. The lowest BCUT2D eigenvalue weighted by atomic mass is 9.88. The molecule has 1 aromatic rings. The molecule has 1 aliphatic carbocycles. The number of nitrogens with two attached hydrogens (primary N) is 1. The largest absolute Gasteiger partial charge is 0.375 e. The van der Waals surface area contributed by atoms with Crippen molar-refractivity contribution in [3.05, 3.63) is 35.9 Å². The number of piperidine rings is 1. The summed E-state index contributed by atoms with van der Waals surface area (Å²) in [6.45, 7) is 5.87. The summed E-state index contributed by atoms with van der Waals surface area (Å²) in [5, 5.41) is 0. The molecule has 0 spiro atoms. The highest BCUT2D eigenvalue weighted by Gasteiger charge is 2.31. The summed E-state index contributed by atoms with van der Waals surface area (Å²) >= 11 is 0. The Labute approximate surface area is 158 Å². The number of carbonyl (C=O) groups is 1. The summed E-state index contributed by atoms with van der Waals surface area (Å²) in [6.07, 6.45) is 7.62. The Morgan fingerprint density at radius 3 is 2.23 bits per heavy atom. The van der Waals surface area contributed by atoms with Crippen LogP contribution in [0, 0.1) is 11.8 Å². The van der Waals surface area contributed by atoms with E-state index < -0.39 is 0 Å². The van der Waals surface area contributed by atoms with Gasteiger partial charge in [0.15, 0.2) is 0 Å². The molecule has 1 saturated heterocycles. The van der Waals surface area contributed by atoms with Gasteiger partial charge < -0.3 is 15.4 Å². The number of ether oxygens (including phenoxy) is 1. The van der Waals surface area contributed by atoms with E-state index in [-0.39, 0.29) is 17.9 Å². The van der Waals surface area contributed by atoms with Gasteiger partial charge in [-0.2, -0.15) is 0 Å². The van der Waals surface area contributed by atoms with Gasteiger partial charge in [0.1, 0.15) is 0 Å². The van der Waals surface area contributed by atoms with E-state index in [4.69, 9.17) is 10.5 Å². The smallest absolute Gasteiger partial charge is 0.227 e. The highest BCUT2D eigenvalue weighted by molar-refractivity contribution is 5.79. The zero-order valence-corrected chi connectivity index (χ0v) is 16.3. The van der Waals surface area contributed by atoms with E-state index >= 15 is 0 Å². The summed E-state index contributed by atoms with van der Waals surface area (Å²) in [4.78, 5) is 14.8. The normalized spacial score (nSPS) is 27.1. The fourth-order valence-electron chi connectivity index (χ4n) is 4.26. The molecule has 2 atom stereocenters. The number of carbonyl (C=O) groups excluding carboxylic acids is 1. The van der Waals surface area contributed by atoms with Crippen LogP contribution in [0.15, 0.2) is 30.3 Å². The van der Waals surface area contributed by atoms with Crippen LogP contribution in [0.3, 0.4) is 0 Å². The molecule has 0 aromatic heterocycles. The quantitative estimate of drug-likeness (QED) is 0.868. The molecule has 0 radical (unpaired) electrons. The number of likely N-dealkylation sites (tertiary alicyclic amines) is 1. The standard InChI is InChI=1S/C22H34N2O2/c1-16-8-10-19(11-9-16)26-20-12-14-24(15-13-20)22(25)17(2)21(23)18-6-4-3-5-7-18/h3-7,16-17,19-21H,8-15,23H2,1-2H3. The number of hydrogen-bond donors (Lipinski definition) is 1. The Kier molecular flexibility index (Phi) is 6.71. The molecule has 0 bridgehead atoms. The first-order valence-corrected chi connectivity index (χ1v) is 10.3. The molecule has 1 amide bonds. The van der Waals surface area contributed by atoms with Crippen molar-refractivity contribution in [1.82, 2.24) is 4.90 Å². The first-order chi connectivity index (χ1) is 12.5. The number of hydrogen-bond acceptors (Lipinski definition) is 3. The van der Waals surface area contributed by atoms with Crippen LogP contribution >= 0.6 is 0 Å². The van der Waals surface area contributed by atoms with Gasteiger partial charge >= 0.3 is 0 Å². The molecule has 1 aromatic carbocycles. The second-order valence-electron chi connectivity index (χ2n) is 8.27. The first-order valence-electron chi connectivity index (χ1n) is 10.3. The zero-order chi connectivity index (χ0) is 18.5. The lowest BCUT2D eigenvalue weighted by molar-refractivity contribution is -0.139. The summed E-state index contributed by atoms with van der Waals surface area (Å²) in [5.41, 5.74) is 7.36. The molecule has 1 aliphatic heterocycles. The zero-order valence-electron chi connectivity index (χ0n) is 16.3. The summed E-state index contributed by atoms with van der Waals surface area (Å²) in [6, 6.07) is 9.67. The molecule has 2 unspecified atom stereocenters. The van der Waals surface area contributed by atoms with E-state index in [0.29, 0.717) is 12.2 Å². The van der Waals surface area contributed by atoms with Crippen LogP contribution in [0.1, 0.15) is 64.0 Å². The fraction of sp³-hybridized carbons (Fsp3) is 0.682. The van der Waals surface area contributed by atoms with Crippen molar-refractivity contribution in [2.24, 2.45) is 17.6 Å². The topological polar surface area (TPSA) is 55.6 Å². The molecule has 26 heavy (non-hydrogen) atoms. The second kappa shape index (κ2) is 9.01. The number of amides is 1. The van der Waals surface area contributed by atoms with Gasteiger partial charge in [-0.3, -0.25) is 4.79 Å². The first kappa shape index (κ1) is 19.4. The van der Waals surface area contributed by atoms with Gasteiger partial charge in [-0.05, 0) is 50.0 Å². The molecular weight excluding hydrogens is 324 g/mol. The lowest BCUT2D eigenvalue weighted by Gasteiger charge is -2.37. The molecule has 144 valence electrons. The second-order valence-corrected chi connectivity index (χ2v) is 8.27. The highest BCUT2D eigenvalue weighted by atomic mass is 16.5. The molecule has 3 rings (SSSR count). The van der Waals surface area contributed by atoms with E-state index in [0.717, 1.165) is 37.4 Å². The van der Waals surface area contributed by atoms with Crippen molar-refractivity contribution in [1.29, 1.82) is 0 Å². The van der Waals surface area contributed by atoms with Gasteiger partial charge in [0.25, 0.3) is 0 Å². The third-order valence-electron chi connectivity index (χ3n) is 6.21. The van der Waals surface area contributed by atoms with Gasteiger partial charge in [0.05, 0.1) is 18.1 Å². The van der Waals surface area contributed by atoms with Gasteiger partial charge in [-0.15, -0.1) is 0 Å². The van der Waals surface area contributed by atoms with Crippen molar-refractivity contribution in [2.75, 3.05) is 13.1 Å². The maximum Gasteiger partial charge on any atom is 0.227 e. The van der Waals surface area contributed by atoms with Gasteiger partial charge in [-0.25, -0.2) is 0 Å². The maximum absolute atomic E-state index is 12.9. The molecule has 2 N–H and O–H groups in total. The van der Waals surface area contributed by atoms with Crippen molar-refractivity contribution in [3.8, 4) is 0 Å². The molecule has 1 saturated carbocycles. The Bertz CT molecular complexity index is 561. The van der Waals surface area contributed by atoms with E-state index in [1.54, 1.807) is 0 Å². The molecule has 2 fully saturated rings. The average molecular weight is 359 g/mol. The third kappa shape index (κ3) is 4.86. The molecule has 1 heterocycles. The van der Waals surface area contributed by atoms with Crippen molar-refractivity contribution >= 4 is 5.91 Å². The van der Waals surface area contributed by atoms with Crippen molar-refractivity contribution < 1.29 is 9.53 Å². The Morgan fingerprint density at radius 1 is 1.04 bits per heavy atom. The lowest BCUT2D eigenvalue weighted by Crippen LogP contribution is -2.45. The van der Waals surface area contributed by atoms with E-state index in [2.05, 4.69) is 6.92 Å². The minimum Gasteiger partial charge on any atom is -0.375 e. The van der Waals surface area contributed by atoms with Crippen LogP contribution in [0.25, 0.3) is 0 Å². The van der Waals surface area contributed by atoms with E-state index in [9.17, 15) is 4.79 Å². The molecule has 2 aliphatic rings. The van der Waals surface area contributed by atoms with Crippen LogP contribution in [0.2, 0.25) is 0 Å². The molecular formula is C22H34N2O2. The van der Waals surface area contributed by atoms with Crippen LogP contribution < -0.4 is 5.73 Å². The summed E-state index contributed by atoms with van der Waals surface area (Å²) in [5.74, 6) is 0.825. The highest BCUT2D eigenvalue weighted by Crippen LogP contribution is 2.29. The van der Waals surface area contributed by atoms with E-state index in [1.165, 1.54) is 25.7 Å². The minimum absolute atomic E-state index is 0.172. The van der Waals surface area contributed by atoms with Gasteiger partial charge in [0.2, 0.25) is 5.91 Å². The third-order valence-corrected chi connectivity index (χ3v) is 6.21. The Hall–Kier alpha value is -1.39. The van der Waals surface area contributed by atoms with Crippen LogP contribution in [-0.2, 0) is 9.53 Å². The van der Waals surface area contributed by atoms with Crippen LogP contribution in [0.5, 0.6) is 0 Å². The average Bonchev–Trinajstić information content (AvgIpc) is 2.69. The number of rotatable bonds is 5. The Balaban J connectivity index is 1.46. The summed E-state index contributed by atoms with van der Waals surface area (Å²) in [7, 11) is 0. The van der Waals surface area contributed by atoms with Crippen molar-refractivity contribution in [3.63, 3.8) is 0 Å². The van der Waals surface area contributed by atoms with Gasteiger partial charge in [-0.1, -0.05) is 44.2 Å². The Morgan fingerprint density at radius 2 is 1.62 bits per heavy atom. The van der Waals surface area contributed by atoms with Crippen LogP contribution in [-0.4, -0.2) is 36.1 Å². The predicted octanol–water partition coefficient (Wildman–Crippen LogP) is 3.91. The number of nitrogens with zero attached hydrogens (tertiary/aromatic N) is 1. The van der Waals surface area contributed by atoms with Crippen molar-refractivity contribution in [2.45, 2.75) is 70.6 Å². The maximum atomic E-state index is 12.9. The number of benzene rings is 1.